The molecule has 1 aliphatic rings. The average molecular weight is 314 g/mol. The molecule has 1 fully saturated rings. The van der Waals surface area contributed by atoms with Crippen LogP contribution in [0, 0.1) is 5.92 Å². The molecule has 4 heteroatoms. The zero-order chi connectivity index (χ0) is 16.3. The van der Waals surface area contributed by atoms with Crippen molar-refractivity contribution >= 4 is 0 Å². The van der Waals surface area contributed by atoms with Gasteiger partial charge in [-0.1, -0.05) is 54.8 Å². The molecule has 1 aromatic heterocycles. The first-order valence-electron chi connectivity index (χ1n) is 8.49. The molecule has 0 amide bonds. The van der Waals surface area contributed by atoms with Crippen LogP contribution in [0.5, 0.6) is 0 Å². The number of aromatic nitrogens is 1. The fourth-order valence-electron chi connectivity index (χ4n) is 3.68. The molecule has 1 aromatic carbocycles. The van der Waals surface area contributed by atoms with Gasteiger partial charge in [0, 0.05) is 12.6 Å². The average Bonchev–Trinajstić information content (AvgIpc) is 3.04. The Bertz CT molecular complexity index is 617. The van der Waals surface area contributed by atoms with Crippen LogP contribution in [0.4, 0.5) is 0 Å². The lowest BCUT2D eigenvalue weighted by Crippen LogP contribution is -2.37. The SMILES string of the molecule is CN(C)Cc1cc(C(O)(c2ccccc2)C2CCCCC2)on1. The van der Waals surface area contributed by atoms with Crippen LogP contribution in [0.3, 0.4) is 0 Å². The quantitative estimate of drug-likeness (QED) is 0.917. The molecule has 0 saturated heterocycles. The fraction of sp³-hybridized carbons (Fsp3) is 0.526. The topological polar surface area (TPSA) is 49.5 Å². The molecule has 4 nitrogen and oxygen atoms in total. The van der Waals surface area contributed by atoms with Crippen LogP contribution in [-0.2, 0) is 12.1 Å². The maximum absolute atomic E-state index is 11.7. The molecule has 0 radical (unpaired) electrons. The Hall–Kier alpha value is -1.65. The first-order chi connectivity index (χ1) is 11.1. The molecule has 1 heterocycles. The van der Waals surface area contributed by atoms with Gasteiger partial charge in [0.15, 0.2) is 11.4 Å². The number of benzene rings is 1. The molecule has 1 aliphatic carbocycles. The van der Waals surface area contributed by atoms with Crippen molar-refractivity contribution in [3.8, 4) is 0 Å². The highest BCUT2D eigenvalue weighted by atomic mass is 16.5. The molecule has 0 bridgehead atoms. The monoisotopic (exact) mass is 314 g/mol. The zero-order valence-electron chi connectivity index (χ0n) is 14.0. The summed E-state index contributed by atoms with van der Waals surface area (Å²) < 4.78 is 5.61. The molecule has 3 rings (SSSR count). The number of hydrogen-bond donors (Lipinski definition) is 1. The zero-order valence-corrected chi connectivity index (χ0v) is 14.0. The van der Waals surface area contributed by atoms with Crippen LogP contribution >= 0.6 is 0 Å². The molecule has 1 unspecified atom stereocenters. The summed E-state index contributed by atoms with van der Waals surface area (Å²) in [5, 5.41) is 15.8. The molecule has 2 aromatic rings. The summed E-state index contributed by atoms with van der Waals surface area (Å²) in [5.41, 5.74) is 0.675. The minimum Gasteiger partial charge on any atom is -0.377 e. The summed E-state index contributed by atoms with van der Waals surface area (Å²) >= 11 is 0. The second kappa shape index (κ2) is 6.85. The maximum Gasteiger partial charge on any atom is 0.173 e. The summed E-state index contributed by atoms with van der Waals surface area (Å²) in [7, 11) is 4.00. The van der Waals surface area contributed by atoms with Crippen LogP contribution in [0.1, 0.15) is 49.1 Å². The molecular weight excluding hydrogens is 288 g/mol. The van der Waals surface area contributed by atoms with E-state index in [2.05, 4.69) is 5.16 Å². The largest absolute Gasteiger partial charge is 0.377 e. The lowest BCUT2D eigenvalue weighted by molar-refractivity contribution is -0.0227. The van der Waals surface area contributed by atoms with Gasteiger partial charge in [-0.15, -0.1) is 0 Å². The van der Waals surface area contributed by atoms with Gasteiger partial charge in [0.1, 0.15) is 0 Å². The van der Waals surface area contributed by atoms with Gasteiger partial charge in [0.05, 0.1) is 5.69 Å². The summed E-state index contributed by atoms with van der Waals surface area (Å²) in [4.78, 5) is 2.05. The third-order valence-corrected chi connectivity index (χ3v) is 4.82. The van der Waals surface area contributed by atoms with Crippen molar-refractivity contribution in [1.29, 1.82) is 0 Å². The van der Waals surface area contributed by atoms with E-state index in [9.17, 15) is 5.11 Å². The van der Waals surface area contributed by atoms with Gasteiger partial charge in [-0.2, -0.15) is 0 Å². The Kier molecular flexibility index (Phi) is 4.83. The second-order valence-electron chi connectivity index (χ2n) is 6.89. The molecule has 1 N–H and O–H groups in total. The number of aliphatic hydroxyl groups is 1. The van der Waals surface area contributed by atoms with Gasteiger partial charge >= 0.3 is 0 Å². The van der Waals surface area contributed by atoms with E-state index >= 15 is 0 Å². The van der Waals surface area contributed by atoms with Crippen molar-refractivity contribution < 1.29 is 9.63 Å². The predicted molar refractivity (Wildman–Crippen MR) is 89.9 cm³/mol. The van der Waals surface area contributed by atoms with Crippen molar-refractivity contribution in [3.63, 3.8) is 0 Å². The van der Waals surface area contributed by atoms with Gasteiger partial charge in [0.2, 0.25) is 0 Å². The highest BCUT2D eigenvalue weighted by Gasteiger charge is 2.43. The van der Waals surface area contributed by atoms with E-state index in [0.29, 0.717) is 12.3 Å². The second-order valence-corrected chi connectivity index (χ2v) is 6.89. The normalized spacial score (nSPS) is 19.0. The Morgan fingerprint density at radius 1 is 1.17 bits per heavy atom. The molecule has 0 aliphatic heterocycles. The van der Waals surface area contributed by atoms with E-state index in [4.69, 9.17) is 4.52 Å². The molecule has 1 saturated carbocycles. The smallest absolute Gasteiger partial charge is 0.173 e. The molecular formula is C19H26N2O2. The van der Waals surface area contributed by atoms with Crippen LogP contribution < -0.4 is 0 Å². The Balaban J connectivity index is 1.99. The highest BCUT2D eigenvalue weighted by molar-refractivity contribution is 5.32. The fourth-order valence-corrected chi connectivity index (χ4v) is 3.68. The van der Waals surface area contributed by atoms with Gasteiger partial charge < -0.3 is 14.5 Å². The summed E-state index contributed by atoms with van der Waals surface area (Å²) in [6.07, 6.45) is 5.63. The lowest BCUT2D eigenvalue weighted by atomic mass is 9.72. The van der Waals surface area contributed by atoms with Crippen molar-refractivity contribution in [2.45, 2.75) is 44.2 Å². The summed E-state index contributed by atoms with van der Waals surface area (Å²) in [5.74, 6) is 0.756. The molecule has 124 valence electrons. The van der Waals surface area contributed by atoms with E-state index in [1.54, 1.807) is 0 Å². The number of rotatable bonds is 5. The van der Waals surface area contributed by atoms with Gasteiger partial charge in [0.25, 0.3) is 0 Å². The third-order valence-electron chi connectivity index (χ3n) is 4.82. The first kappa shape index (κ1) is 16.2. The van der Waals surface area contributed by atoms with E-state index in [1.165, 1.54) is 19.3 Å². The molecule has 1 atom stereocenters. The summed E-state index contributed by atoms with van der Waals surface area (Å²) in [6.45, 7) is 0.707. The Morgan fingerprint density at radius 2 is 1.87 bits per heavy atom. The van der Waals surface area contributed by atoms with E-state index in [0.717, 1.165) is 24.1 Å². The van der Waals surface area contributed by atoms with Crippen LogP contribution in [0.15, 0.2) is 40.9 Å². The van der Waals surface area contributed by atoms with Crippen LogP contribution in [-0.4, -0.2) is 29.3 Å². The van der Waals surface area contributed by atoms with E-state index in [-0.39, 0.29) is 5.92 Å². The van der Waals surface area contributed by atoms with E-state index in [1.807, 2.05) is 55.4 Å². The Labute approximate surface area is 138 Å². The van der Waals surface area contributed by atoms with Crippen molar-refractivity contribution in [2.75, 3.05) is 14.1 Å². The molecule has 23 heavy (non-hydrogen) atoms. The lowest BCUT2D eigenvalue weighted by Gasteiger charge is -2.37. The van der Waals surface area contributed by atoms with Gasteiger partial charge in [-0.3, -0.25) is 0 Å². The minimum atomic E-state index is -1.08. The number of hydrogen-bond acceptors (Lipinski definition) is 4. The van der Waals surface area contributed by atoms with Crippen molar-refractivity contribution in [2.24, 2.45) is 5.92 Å². The maximum atomic E-state index is 11.7. The summed E-state index contributed by atoms with van der Waals surface area (Å²) in [6, 6.07) is 11.8. The highest BCUT2D eigenvalue weighted by Crippen LogP contribution is 2.44. The third kappa shape index (κ3) is 3.33. The van der Waals surface area contributed by atoms with Crippen molar-refractivity contribution in [3.05, 3.63) is 53.4 Å². The van der Waals surface area contributed by atoms with Crippen molar-refractivity contribution in [1.82, 2.24) is 10.1 Å². The van der Waals surface area contributed by atoms with E-state index < -0.39 is 5.60 Å². The number of nitrogens with zero attached hydrogens (tertiary/aromatic N) is 2. The van der Waals surface area contributed by atoms with Crippen LogP contribution in [0.2, 0.25) is 0 Å². The molecule has 0 spiro atoms. The minimum absolute atomic E-state index is 0.179. The van der Waals surface area contributed by atoms with Gasteiger partial charge in [-0.05, 0) is 38.4 Å². The predicted octanol–water partition coefficient (Wildman–Crippen LogP) is 3.55. The standard InChI is InChI=1S/C19H26N2O2/c1-21(2)14-17-13-18(23-20-17)19(22,15-9-5-3-6-10-15)16-11-7-4-8-12-16/h3,5-6,9-10,13,16,22H,4,7-8,11-12,14H2,1-2H3. The first-order valence-corrected chi connectivity index (χ1v) is 8.49. The Morgan fingerprint density at radius 3 is 2.52 bits per heavy atom. The van der Waals surface area contributed by atoms with Gasteiger partial charge in [-0.25, -0.2) is 0 Å². The van der Waals surface area contributed by atoms with Crippen LogP contribution in [0.25, 0.3) is 0 Å².